The van der Waals surface area contributed by atoms with Crippen LogP contribution in [-0.2, 0) is 0 Å². The zero-order chi connectivity index (χ0) is 13.8. The average Bonchev–Trinajstić information content (AvgIpc) is 2.46. The van der Waals surface area contributed by atoms with Crippen molar-refractivity contribution in [3.63, 3.8) is 0 Å². The third-order valence-electron chi connectivity index (χ3n) is 4.60. The topological polar surface area (TPSA) is 52.8 Å². The quantitative estimate of drug-likeness (QED) is 0.806. The van der Waals surface area contributed by atoms with E-state index in [0.717, 1.165) is 58.0 Å². The van der Waals surface area contributed by atoms with Crippen LogP contribution in [0, 0.1) is 5.92 Å². The molecule has 0 bridgehead atoms. The van der Waals surface area contributed by atoms with E-state index in [9.17, 15) is 4.79 Å². The van der Waals surface area contributed by atoms with Crippen molar-refractivity contribution in [1.29, 1.82) is 0 Å². The van der Waals surface area contributed by atoms with Crippen molar-refractivity contribution in [3.05, 3.63) is 0 Å². The Morgan fingerprint density at radius 2 is 1.63 bits per heavy atom. The van der Waals surface area contributed by atoms with Gasteiger partial charge in [0.1, 0.15) is 0 Å². The molecule has 0 aliphatic carbocycles. The lowest BCUT2D eigenvalue weighted by Crippen LogP contribution is -2.56. The molecule has 0 saturated carbocycles. The van der Waals surface area contributed by atoms with Crippen molar-refractivity contribution in [2.75, 3.05) is 45.8 Å². The number of carbonyl (C=O) groups is 1. The van der Waals surface area contributed by atoms with Gasteiger partial charge in [-0.25, -0.2) is 4.79 Å². The molecule has 2 fully saturated rings. The number of piperazine rings is 1. The molecule has 1 atom stereocenters. The number of likely N-dealkylation sites (tertiary alicyclic amines) is 1. The number of carbonyl (C=O) groups excluding carboxylic acids is 1. The van der Waals surface area contributed by atoms with Crippen molar-refractivity contribution in [2.45, 2.75) is 32.7 Å². The van der Waals surface area contributed by atoms with E-state index in [4.69, 9.17) is 5.73 Å². The highest BCUT2D eigenvalue weighted by molar-refractivity contribution is 5.74. The molecule has 0 aromatic heterocycles. The SMILES string of the molecule is CC1CCN(C(=O)N2CCN(C(C)CN)CC2)CC1. The lowest BCUT2D eigenvalue weighted by Gasteiger charge is -2.41. The molecule has 2 saturated heterocycles. The standard InChI is InChI=1S/C14H28N4O/c1-12-3-5-17(6-4-12)14(19)18-9-7-16(8-10-18)13(2)11-15/h12-13H,3-11,15H2,1-2H3. The Hall–Kier alpha value is -0.810. The first-order valence-corrected chi connectivity index (χ1v) is 7.59. The molecule has 0 aromatic carbocycles. The molecule has 2 aliphatic heterocycles. The third-order valence-corrected chi connectivity index (χ3v) is 4.60. The number of hydrogen-bond donors (Lipinski definition) is 1. The second-order valence-electron chi connectivity index (χ2n) is 6.06. The van der Waals surface area contributed by atoms with Crippen LogP contribution in [0.5, 0.6) is 0 Å². The first-order valence-electron chi connectivity index (χ1n) is 7.59. The Morgan fingerprint density at radius 3 is 2.16 bits per heavy atom. The monoisotopic (exact) mass is 268 g/mol. The molecule has 5 heteroatoms. The maximum atomic E-state index is 12.4. The van der Waals surface area contributed by atoms with Gasteiger partial charge < -0.3 is 15.5 Å². The summed E-state index contributed by atoms with van der Waals surface area (Å²) in [6.07, 6.45) is 2.30. The van der Waals surface area contributed by atoms with Gasteiger partial charge in [0.15, 0.2) is 0 Å². The normalized spacial score (nSPS) is 24.6. The second-order valence-corrected chi connectivity index (χ2v) is 6.06. The van der Waals surface area contributed by atoms with Crippen LogP contribution in [0.15, 0.2) is 0 Å². The molecular formula is C14H28N4O. The van der Waals surface area contributed by atoms with Crippen molar-refractivity contribution in [2.24, 2.45) is 11.7 Å². The van der Waals surface area contributed by atoms with Crippen molar-refractivity contribution < 1.29 is 4.79 Å². The largest absolute Gasteiger partial charge is 0.329 e. The van der Waals surface area contributed by atoms with E-state index < -0.39 is 0 Å². The molecule has 2 rings (SSSR count). The van der Waals surface area contributed by atoms with E-state index in [1.807, 2.05) is 9.80 Å². The molecule has 2 heterocycles. The number of piperidine rings is 1. The summed E-state index contributed by atoms with van der Waals surface area (Å²) in [5.41, 5.74) is 5.70. The maximum Gasteiger partial charge on any atom is 0.320 e. The van der Waals surface area contributed by atoms with Crippen LogP contribution in [0.2, 0.25) is 0 Å². The highest BCUT2D eigenvalue weighted by atomic mass is 16.2. The van der Waals surface area contributed by atoms with Crippen LogP contribution in [0.4, 0.5) is 4.79 Å². The number of nitrogens with two attached hydrogens (primary N) is 1. The van der Waals surface area contributed by atoms with E-state index in [-0.39, 0.29) is 6.03 Å². The van der Waals surface area contributed by atoms with Crippen LogP contribution in [-0.4, -0.2) is 72.6 Å². The van der Waals surface area contributed by atoms with E-state index in [1.165, 1.54) is 0 Å². The first-order chi connectivity index (χ1) is 9.11. The predicted molar refractivity (Wildman–Crippen MR) is 77.0 cm³/mol. The second kappa shape index (κ2) is 6.57. The molecule has 2 N–H and O–H groups in total. The molecule has 0 spiro atoms. The number of rotatable bonds is 2. The fraction of sp³-hybridized carbons (Fsp3) is 0.929. The van der Waals surface area contributed by atoms with Crippen molar-refractivity contribution >= 4 is 6.03 Å². The zero-order valence-corrected chi connectivity index (χ0v) is 12.3. The van der Waals surface area contributed by atoms with Gasteiger partial charge >= 0.3 is 6.03 Å². The van der Waals surface area contributed by atoms with E-state index >= 15 is 0 Å². The summed E-state index contributed by atoms with van der Waals surface area (Å²) in [5.74, 6) is 0.770. The summed E-state index contributed by atoms with van der Waals surface area (Å²) < 4.78 is 0. The van der Waals surface area contributed by atoms with Gasteiger partial charge in [-0.05, 0) is 25.7 Å². The lowest BCUT2D eigenvalue weighted by molar-refractivity contribution is 0.0893. The molecular weight excluding hydrogens is 240 g/mol. The van der Waals surface area contributed by atoms with Gasteiger partial charge in [0.25, 0.3) is 0 Å². The minimum Gasteiger partial charge on any atom is -0.329 e. The fourth-order valence-corrected chi connectivity index (χ4v) is 2.90. The summed E-state index contributed by atoms with van der Waals surface area (Å²) in [5, 5.41) is 0. The van der Waals surface area contributed by atoms with Gasteiger partial charge in [0.2, 0.25) is 0 Å². The van der Waals surface area contributed by atoms with Gasteiger partial charge in [0.05, 0.1) is 0 Å². The van der Waals surface area contributed by atoms with Crippen LogP contribution >= 0.6 is 0 Å². The highest BCUT2D eigenvalue weighted by Gasteiger charge is 2.28. The molecule has 19 heavy (non-hydrogen) atoms. The summed E-state index contributed by atoms with van der Waals surface area (Å²) in [6.45, 7) is 10.6. The van der Waals surface area contributed by atoms with Crippen LogP contribution in [0.25, 0.3) is 0 Å². The predicted octanol–water partition coefficient (Wildman–Crippen LogP) is 0.803. The lowest BCUT2D eigenvalue weighted by atomic mass is 9.99. The van der Waals surface area contributed by atoms with E-state index in [0.29, 0.717) is 12.6 Å². The fourth-order valence-electron chi connectivity index (χ4n) is 2.90. The minimum atomic E-state index is 0.243. The van der Waals surface area contributed by atoms with Gasteiger partial charge in [-0.15, -0.1) is 0 Å². The number of urea groups is 1. The molecule has 5 nitrogen and oxygen atoms in total. The Bertz CT molecular complexity index is 294. The maximum absolute atomic E-state index is 12.4. The number of hydrogen-bond acceptors (Lipinski definition) is 3. The summed E-state index contributed by atoms with van der Waals surface area (Å²) in [7, 11) is 0. The Morgan fingerprint density at radius 1 is 1.11 bits per heavy atom. The summed E-state index contributed by atoms with van der Waals surface area (Å²) in [4.78, 5) is 18.8. The number of amides is 2. The van der Waals surface area contributed by atoms with Crippen molar-refractivity contribution in [1.82, 2.24) is 14.7 Å². The van der Waals surface area contributed by atoms with E-state index in [1.54, 1.807) is 0 Å². The Kier molecular flexibility index (Phi) is 5.05. The van der Waals surface area contributed by atoms with Gasteiger partial charge in [0, 0.05) is 51.9 Å². The summed E-state index contributed by atoms with van der Waals surface area (Å²) in [6, 6.07) is 0.667. The van der Waals surface area contributed by atoms with Crippen LogP contribution in [0.1, 0.15) is 26.7 Å². The number of nitrogens with zero attached hydrogens (tertiary/aromatic N) is 3. The first kappa shape index (κ1) is 14.6. The van der Waals surface area contributed by atoms with Gasteiger partial charge in [-0.1, -0.05) is 6.92 Å². The smallest absolute Gasteiger partial charge is 0.320 e. The Labute approximate surface area is 116 Å². The molecule has 2 amide bonds. The summed E-state index contributed by atoms with van der Waals surface area (Å²) >= 11 is 0. The zero-order valence-electron chi connectivity index (χ0n) is 12.3. The van der Waals surface area contributed by atoms with Gasteiger partial charge in [-0.3, -0.25) is 4.90 Å². The average molecular weight is 268 g/mol. The Balaban J connectivity index is 1.79. The van der Waals surface area contributed by atoms with Gasteiger partial charge in [-0.2, -0.15) is 0 Å². The molecule has 1 unspecified atom stereocenters. The molecule has 0 aromatic rings. The van der Waals surface area contributed by atoms with E-state index in [2.05, 4.69) is 18.7 Å². The van der Waals surface area contributed by atoms with Crippen LogP contribution < -0.4 is 5.73 Å². The molecule has 110 valence electrons. The molecule has 2 aliphatic rings. The third kappa shape index (κ3) is 3.60. The molecule has 0 radical (unpaired) electrons. The minimum absolute atomic E-state index is 0.243. The highest BCUT2D eigenvalue weighted by Crippen LogP contribution is 2.18. The van der Waals surface area contributed by atoms with Crippen molar-refractivity contribution in [3.8, 4) is 0 Å². The van der Waals surface area contributed by atoms with Crippen LogP contribution in [0.3, 0.4) is 0 Å².